The van der Waals surface area contributed by atoms with Gasteiger partial charge in [0.2, 0.25) is 5.78 Å². The molecule has 8 aromatic carbocycles. The van der Waals surface area contributed by atoms with Gasteiger partial charge in [-0.3, -0.25) is 4.79 Å². The second-order valence-electron chi connectivity index (χ2n) is 15.6. The number of hydrogen-bond donors (Lipinski definition) is 0. The van der Waals surface area contributed by atoms with Crippen molar-refractivity contribution in [2.45, 2.75) is 9.79 Å². The number of ketones is 1. The number of halogens is 20. The molecule has 0 spiro atoms. The van der Waals surface area contributed by atoms with Gasteiger partial charge < -0.3 is 0 Å². The van der Waals surface area contributed by atoms with E-state index in [-0.39, 0.29) is 11.5 Å². The Morgan fingerprint density at radius 2 is 0.514 bits per heavy atom. The summed E-state index contributed by atoms with van der Waals surface area (Å²) in [6, 6.07) is 36.1. The second-order valence-corrected chi connectivity index (χ2v) is 18.2. The van der Waals surface area contributed by atoms with Crippen molar-refractivity contribution in [3.8, 4) is 11.1 Å². The van der Waals surface area contributed by atoms with Crippen LogP contribution in [0.4, 0.5) is 87.8 Å². The molecule has 74 heavy (non-hydrogen) atoms. The van der Waals surface area contributed by atoms with E-state index in [2.05, 4.69) is 0 Å². The van der Waals surface area contributed by atoms with Crippen molar-refractivity contribution < 1.29 is 96.8 Å². The molecule has 0 aliphatic carbocycles. The molecule has 0 heterocycles. The Labute approximate surface area is 403 Å². The fraction of sp³-hybridized carbons (Fsp3) is 0.0200. The minimum Gasteiger partial charge on any atom is -0.289 e. The lowest BCUT2D eigenvalue weighted by atomic mass is 9.12. The summed E-state index contributed by atoms with van der Waals surface area (Å²) in [5.41, 5.74) is -11.6. The fourth-order valence-corrected chi connectivity index (χ4v) is 10.5. The molecule has 382 valence electrons. The third-order valence-electron chi connectivity index (χ3n) is 11.6. The average Bonchev–Trinajstić information content (AvgIpc) is 3.41. The van der Waals surface area contributed by atoms with Gasteiger partial charge in [-0.25, -0.2) is 87.8 Å². The Morgan fingerprint density at radius 3 is 0.770 bits per heavy atom. The summed E-state index contributed by atoms with van der Waals surface area (Å²) in [4.78, 5) is 14.4. The Morgan fingerprint density at radius 1 is 0.297 bits per heavy atom. The largest absolute Gasteiger partial charge is 0.289 e. The number of benzene rings is 8. The van der Waals surface area contributed by atoms with Crippen LogP contribution in [-0.2, 0) is 14.1 Å². The third-order valence-corrected chi connectivity index (χ3v) is 14.3. The SMILES string of the molecule is Fc1c(F)c(F)c([B-](c2c(F)c(F)c(F)c(F)c2F)(c2c(F)c(F)c(F)c(F)c2F)c2c(F)c(F)c(F)c(F)c2F)c(F)c1F.O=C(C[S+](=O)(c1ccccc1)c1ccccc1)c1ccc(-c2ccccc2)cc1. The topological polar surface area (TPSA) is 34.1 Å². The number of hydrogen-bond acceptors (Lipinski definition) is 2. The van der Waals surface area contributed by atoms with Gasteiger partial charge in [-0.15, -0.1) is 21.9 Å². The Bertz CT molecular complexity index is 3140. The smallest absolute Gasteiger partial charge is 0.212 e. The second kappa shape index (κ2) is 20.6. The third kappa shape index (κ3) is 8.76. The molecule has 0 amide bonds. The molecule has 0 unspecified atom stereocenters. The molecule has 0 radical (unpaired) electrons. The van der Waals surface area contributed by atoms with Crippen molar-refractivity contribution in [2.75, 3.05) is 5.75 Å². The predicted octanol–water partition coefficient (Wildman–Crippen LogP) is 12.0. The number of carbonyl (C=O) groups excluding carboxylic acids is 1. The molecule has 0 N–H and O–H groups in total. The molecular weight excluding hydrogens is 1060 g/mol. The highest BCUT2D eigenvalue weighted by atomic mass is 32.2. The summed E-state index contributed by atoms with van der Waals surface area (Å²) >= 11 is 0. The van der Waals surface area contributed by atoms with Gasteiger partial charge in [-0.05, 0) is 35.4 Å². The number of Topliss-reactive ketones (excluding diaryl/α,β-unsaturated/α-hetero) is 1. The summed E-state index contributed by atoms with van der Waals surface area (Å²) in [5.74, 6) is -71.6. The minimum atomic E-state index is -7.22. The first-order valence-corrected chi connectivity index (χ1v) is 22.1. The zero-order valence-corrected chi connectivity index (χ0v) is 36.9. The van der Waals surface area contributed by atoms with Crippen LogP contribution in [0.3, 0.4) is 0 Å². The maximum Gasteiger partial charge on any atom is 0.212 e. The first-order chi connectivity index (χ1) is 34.9. The Kier molecular flexibility index (Phi) is 15.1. The van der Waals surface area contributed by atoms with E-state index in [1.165, 1.54) is 0 Å². The van der Waals surface area contributed by atoms with Crippen LogP contribution in [0.15, 0.2) is 125 Å². The molecule has 0 fully saturated rings. The first-order valence-electron chi connectivity index (χ1n) is 20.4. The normalized spacial score (nSPS) is 11.7. The molecular formula is C50H21BF20O2S. The highest BCUT2D eigenvalue weighted by Crippen LogP contribution is 2.33. The lowest BCUT2D eigenvalue weighted by Crippen LogP contribution is -2.81. The standard InChI is InChI=1S/C26H21O2S.C24BF20/c27-26(23-18-16-22(17-19-23)21-10-4-1-5-11-21)20-29(28,24-12-6-2-7-13-24)25-14-8-3-9-15-25;26-5-1(6(27)14(35)21(42)13(5)34)25(2-7(28)15(36)22(43)16(37)8(2)29,3-9(30)17(38)23(44)18(39)10(3)31)4-11(32)19(40)24(45)20(41)12(4)33/h1-19H,20H2;/q+1;-1. The maximum absolute atomic E-state index is 15.4. The van der Waals surface area contributed by atoms with Gasteiger partial charge >= 0.3 is 0 Å². The van der Waals surface area contributed by atoms with Crippen LogP contribution < -0.4 is 21.9 Å². The van der Waals surface area contributed by atoms with E-state index in [1.807, 2.05) is 115 Å². The Hall–Kier alpha value is -7.76. The molecule has 8 rings (SSSR count). The molecule has 0 bridgehead atoms. The van der Waals surface area contributed by atoms with Gasteiger partial charge in [0.15, 0.2) is 95.3 Å². The van der Waals surface area contributed by atoms with Crippen LogP contribution in [0.2, 0.25) is 0 Å². The van der Waals surface area contributed by atoms with Crippen LogP contribution in [0, 0.1) is 116 Å². The fourth-order valence-electron chi connectivity index (χ4n) is 8.20. The number of rotatable bonds is 10. The maximum atomic E-state index is 15.4. The molecule has 24 heteroatoms. The van der Waals surface area contributed by atoms with Crippen molar-refractivity contribution in [1.29, 1.82) is 0 Å². The average molecular weight is 1080 g/mol. The summed E-state index contributed by atoms with van der Waals surface area (Å²) in [7, 11) is -2.71. The van der Waals surface area contributed by atoms with E-state index < -0.39 is 154 Å². The van der Waals surface area contributed by atoms with E-state index in [1.54, 1.807) is 0 Å². The zero-order chi connectivity index (χ0) is 54.5. The molecule has 0 saturated heterocycles. The lowest BCUT2D eigenvalue weighted by Gasteiger charge is -2.44. The first kappa shape index (κ1) is 54.0. The molecule has 0 atom stereocenters. The minimum absolute atomic E-state index is 0.0499. The van der Waals surface area contributed by atoms with Crippen LogP contribution in [0.1, 0.15) is 10.4 Å². The summed E-state index contributed by atoms with van der Waals surface area (Å²) in [5, 5.41) is 0. The van der Waals surface area contributed by atoms with Crippen molar-refractivity contribution in [3.05, 3.63) is 237 Å². The molecule has 2 nitrogen and oxygen atoms in total. The molecule has 8 aromatic rings. The van der Waals surface area contributed by atoms with Crippen LogP contribution in [-0.4, -0.2) is 17.7 Å². The van der Waals surface area contributed by atoms with Crippen molar-refractivity contribution in [3.63, 3.8) is 0 Å². The van der Waals surface area contributed by atoms with Crippen LogP contribution >= 0.6 is 0 Å². The molecule has 0 saturated carbocycles. The van der Waals surface area contributed by atoms with E-state index in [0.717, 1.165) is 11.1 Å². The molecule has 0 aromatic heterocycles. The van der Waals surface area contributed by atoms with Crippen molar-refractivity contribution >= 4 is 43.7 Å². The molecule has 0 aliphatic heterocycles. The molecule has 0 aliphatic rings. The quantitative estimate of drug-likeness (QED) is 0.0342. The van der Waals surface area contributed by atoms with E-state index in [9.17, 15) is 61.7 Å². The highest BCUT2D eigenvalue weighted by molar-refractivity contribution is 8.03. The summed E-state index contributed by atoms with van der Waals surface area (Å²) < 4.78 is 308. The predicted molar refractivity (Wildman–Crippen MR) is 228 cm³/mol. The van der Waals surface area contributed by atoms with Crippen molar-refractivity contribution in [1.82, 2.24) is 0 Å². The van der Waals surface area contributed by atoms with Gasteiger partial charge in [0, 0.05) is 5.56 Å². The Balaban J connectivity index is 0.000000237. The number of carbonyl (C=O) groups is 1. The zero-order valence-electron chi connectivity index (χ0n) is 36.0. The van der Waals surface area contributed by atoms with Gasteiger partial charge in [-0.2, -0.15) is 0 Å². The van der Waals surface area contributed by atoms with Gasteiger partial charge in [0.1, 0.15) is 52.7 Å². The monoisotopic (exact) mass is 1080 g/mol. The van der Waals surface area contributed by atoms with Gasteiger partial charge in [-0.1, -0.05) is 95.2 Å². The van der Waals surface area contributed by atoms with E-state index in [4.69, 9.17) is 0 Å². The highest BCUT2D eigenvalue weighted by Gasteiger charge is 2.52. The summed E-state index contributed by atoms with van der Waals surface area (Å²) in [6.45, 7) is 0. The van der Waals surface area contributed by atoms with Crippen LogP contribution in [0.5, 0.6) is 0 Å². The van der Waals surface area contributed by atoms with Gasteiger partial charge in [0.25, 0.3) is 0 Å². The van der Waals surface area contributed by atoms with E-state index >= 15 is 35.1 Å². The summed E-state index contributed by atoms with van der Waals surface area (Å²) in [6.07, 6.45) is -7.22. The van der Waals surface area contributed by atoms with Crippen molar-refractivity contribution in [2.24, 2.45) is 0 Å². The van der Waals surface area contributed by atoms with E-state index in [0.29, 0.717) is 15.4 Å². The lowest BCUT2D eigenvalue weighted by molar-refractivity contribution is 0.102. The van der Waals surface area contributed by atoms with Gasteiger partial charge in [0.05, 0.1) is 0 Å². The van der Waals surface area contributed by atoms with Crippen LogP contribution in [0.25, 0.3) is 11.1 Å².